The molecule has 1 saturated heterocycles. The molecule has 0 bridgehead atoms. The lowest BCUT2D eigenvalue weighted by Crippen LogP contribution is -2.18. The molecule has 1 aliphatic heterocycles. The van der Waals surface area contributed by atoms with Crippen LogP contribution in [-0.4, -0.2) is 38.5 Å². The molecule has 0 spiro atoms. The first-order chi connectivity index (χ1) is 13.6. The predicted molar refractivity (Wildman–Crippen MR) is 108 cm³/mol. The Morgan fingerprint density at radius 3 is 2.50 bits per heavy atom. The Morgan fingerprint density at radius 1 is 1.00 bits per heavy atom. The third kappa shape index (κ3) is 4.98. The third-order valence-corrected chi connectivity index (χ3v) is 4.63. The summed E-state index contributed by atoms with van der Waals surface area (Å²) in [5, 5.41) is 10.1. The van der Waals surface area contributed by atoms with Gasteiger partial charge in [0.1, 0.15) is 24.7 Å². The second-order valence-corrected chi connectivity index (χ2v) is 6.73. The molecule has 0 aliphatic carbocycles. The molecule has 2 aromatic rings. The number of methoxy groups -OCH3 is 2. The zero-order valence-electron chi connectivity index (χ0n) is 15.5. The SMILES string of the molecule is COc1cccc(OCCOc2ccc(C=C3SC(=N)NC3=O)cc2OC)c1. The number of ether oxygens (including phenoxy) is 4. The number of amidine groups is 1. The van der Waals surface area contributed by atoms with E-state index in [1.165, 1.54) is 0 Å². The Balaban J connectivity index is 1.59. The van der Waals surface area contributed by atoms with Gasteiger partial charge in [0, 0.05) is 6.07 Å². The van der Waals surface area contributed by atoms with Gasteiger partial charge in [0.15, 0.2) is 16.7 Å². The molecule has 146 valence electrons. The molecule has 2 aromatic carbocycles. The second-order valence-electron chi connectivity index (χ2n) is 5.68. The van der Waals surface area contributed by atoms with Crippen molar-refractivity contribution in [1.82, 2.24) is 5.32 Å². The molecule has 0 saturated carbocycles. The minimum Gasteiger partial charge on any atom is -0.497 e. The van der Waals surface area contributed by atoms with E-state index < -0.39 is 0 Å². The van der Waals surface area contributed by atoms with Crippen LogP contribution in [0.5, 0.6) is 23.0 Å². The van der Waals surface area contributed by atoms with Crippen molar-refractivity contribution in [3.05, 3.63) is 52.9 Å². The normalized spacial score (nSPS) is 14.7. The molecule has 1 aliphatic rings. The van der Waals surface area contributed by atoms with Crippen molar-refractivity contribution in [3.8, 4) is 23.0 Å². The quantitative estimate of drug-likeness (QED) is 0.522. The summed E-state index contributed by atoms with van der Waals surface area (Å²) in [6.45, 7) is 0.699. The van der Waals surface area contributed by atoms with Gasteiger partial charge < -0.3 is 24.3 Å². The minimum absolute atomic E-state index is 0.124. The van der Waals surface area contributed by atoms with Gasteiger partial charge in [-0.15, -0.1) is 0 Å². The van der Waals surface area contributed by atoms with E-state index in [0.29, 0.717) is 35.4 Å². The van der Waals surface area contributed by atoms with Crippen molar-refractivity contribution >= 4 is 28.9 Å². The molecular formula is C20H20N2O5S. The van der Waals surface area contributed by atoms with Gasteiger partial charge in [0.2, 0.25) is 0 Å². The Hall–Kier alpha value is -3.13. The lowest BCUT2D eigenvalue weighted by atomic mass is 10.2. The van der Waals surface area contributed by atoms with E-state index in [-0.39, 0.29) is 11.1 Å². The molecule has 1 heterocycles. The smallest absolute Gasteiger partial charge is 0.264 e. The van der Waals surface area contributed by atoms with Gasteiger partial charge in [0.05, 0.1) is 19.1 Å². The van der Waals surface area contributed by atoms with E-state index in [2.05, 4.69) is 5.32 Å². The summed E-state index contributed by atoms with van der Waals surface area (Å²) < 4.78 is 21.9. The number of thioether (sulfide) groups is 1. The first-order valence-corrected chi connectivity index (χ1v) is 9.28. The lowest BCUT2D eigenvalue weighted by molar-refractivity contribution is -0.115. The van der Waals surface area contributed by atoms with Gasteiger partial charge in [-0.3, -0.25) is 10.2 Å². The number of amides is 1. The lowest BCUT2D eigenvalue weighted by Gasteiger charge is -2.12. The van der Waals surface area contributed by atoms with Crippen molar-refractivity contribution in [2.75, 3.05) is 27.4 Å². The van der Waals surface area contributed by atoms with Crippen LogP contribution in [0, 0.1) is 5.41 Å². The number of benzene rings is 2. The Kier molecular flexibility index (Phi) is 6.44. The number of hydrogen-bond acceptors (Lipinski definition) is 7. The highest BCUT2D eigenvalue weighted by atomic mass is 32.2. The van der Waals surface area contributed by atoms with Crippen molar-refractivity contribution in [3.63, 3.8) is 0 Å². The molecule has 0 aromatic heterocycles. The third-order valence-electron chi connectivity index (χ3n) is 3.80. The average molecular weight is 400 g/mol. The van der Waals surface area contributed by atoms with Crippen LogP contribution in [0.1, 0.15) is 5.56 Å². The van der Waals surface area contributed by atoms with E-state index in [9.17, 15) is 4.79 Å². The van der Waals surface area contributed by atoms with Gasteiger partial charge in [-0.05, 0) is 47.7 Å². The highest BCUT2D eigenvalue weighted by Gasteiger charge is 2.22. The minimum atomic E-state index is -0.274. The number of carbonyl (C=O) groups excluding carboxylic acids is 1. The summed E-state index contributed by atoms with van der Waals surface area (Å²) in [4.78, 5) is 12.2. The van der Waals surface area contributed by atoms with Crippen LogP contribution in [0.15, 0.2) is 47.4 Å². The monoisotopic (exact) mass is 400 g/mol. The molecule has 3 rings (SSSR count). The van der Waals surface area contributed by atoms with Crippen molar-refractivity contribution in [1.29, 1.82) is 5.41 Å². The van der Waals surface area contributed by atoms with Crippen molar-refractivity contribution < 1.29 is 23.7 Å². The molecule has 0 radical (unpaired) electrons. The van der Waals surface area contributed by atoms with Crippen molar-refractivity contribution in [2.24, 2.45) is 0 Å². The molecule has 7 nitrogen and oxygen atoms in total. The zero-order chi connectivity index (χ0) is 19.9. The van der Waals surface area contributed by atoms with Crippen LogP contribution in [0.3, 0.4) is 0 Å². The Bertz CT molecular complexity index is 913. The van der Waals surface area contributed by atoms with Crippen LogP contribution < -0.4 is 24.3 Å². The van der Waals surface area contributed by atoms with Gasteiger partial charge in [-0.2, -0.15) is 0 Å². The van der Waals surface area contributed by atoms with Crippen LogP contribution in [0.25, 0.3) is 6.08 Å². The van der Waals surface area contributed by atoms with Crippen LogP contribution in [-0.2, 0) is 4.79 Å². The number of carbonyl (C=O) groups is 1. The summed E-state index contributed by atoms with van der Waals surface area (Å²) in [7, 11) is 3.16. The van der Waals surface area contributed by atoms with E-state index in [0.717, 1.165) is 23.1 Å². The van der Waals surface area contributed by atoms with Crippen molar-refractivity contribution in [2.45, 2.75) is 0 Å². The molecule has 2 N–H and O–H groups in total. The molecule has 0 atom stereocenters. The fourth-order valence-electron chi connectivity index (χ4n) is 2.49. The predicted octanol–water partition coefficient (Wildman–Crippen LogP) is 3.30. The maximum absolute atomic E-state index is 11.7. The van der Waals surface area contributed by atoms with Crippen LogP contribution in [0.4, 0.5) is 0 Å². The number of hydrogen-bond donors (Lipinski definition) is 2. The van der Waals surface area contributed by atoms with E-state index in [4.69, 9.17) is 24.4 Å². The first kappa shape index (κ1) is 19.6. The largest absolute Gasteiger partial charge is 0.497 e. The van der Waals surface area contributed by atoms with Gasteiger partial charge >= 0.3 is 0 Å². The molecule has 1 amide bonds. The Morgan fingerprint density at radius 2 is 1.79 bits per heavy atom. The van der Waals surface area contributed by atoms with E-state index in [1.807, 2.05) is 24.3 Å². The maximum atomic E-state index is 11.7. The summed E-state index contributed by atoms with van der Waals surface area (Å²) in [5.41, 5.74) is 0.782. The standard InChI is InChI=1S/C20H20N2O5S/c1-24-14-4-3-5-15(12-14)26-8-9-27-16-7-6-13(10-17(16)25-2)11-18-19(23)22-20(21)28-18/h3-7,10-12H,8-9H2,1-2H3,(H2,21,22,23). The van der Waals surface area contributed by atoms with Gasteiger partial charge in [-0.1, -0.05) is 12.1 Å². The fourth-order valence-corrected chi connectivity index (χ4v) is 3.19. The average Bonchev–Trinajstić information content (AvgIpc) is 3.02. The molecule has 1 fully saturated rings. The van der Waals surface area contributed by atoms with E-state index in [1.54, 1.807) is 38.5 Å². The summed E-state index contributed by atoms with van der Waals surface area (Å²) >= 11 is 1.09. The molecule has 28 heavy (non-hydrogen) atoms. The highest BCUT2D eigenvalue weighted by Crippen LogP contribution is 2.31. The highest BCUT2D eigenvalue weighted by molar-refractivity contribution is 8.18. The summed E-state index contributed by atoms with van der Waals surface area (Å²) in [6, 6.07) is 12.7. The maximum Gasteiger partial charge on any atom is 0.264 e. The van der Waals surface area contributed by atoms with Crippen LogP contribution >= 0.6 is 11.8 Å². The second kappa shape index (κ2) is 9.18. The topological polar surface area (TPSA) is 89.9 Å². The summed E-state index contributed by atoms with van der Waals surface area (Å²) in [5.74, 6) is 2.29. The molecule has 8 heteroatoms. The first-order valence-electron chi connectivity index (χ1n) is 8.46. The van der Waals surface area contributed by atoms with Gasteiger partial charge in [-0.25, -0.2) is 0 Å². The molecule has 0 unspecified atom stereocenters. The van der Waals surface area contributed by atoms with Crippen LogP contribution in [0.2, 0.25) is 0 Å². The number of rotatable bonds is 8. The Labute approximate surface area is 167 Å². The fraction of sp³-hybridized carbons (Fsp3) is 0.200. The molecular weight excluding hydrogens is 380 g/mol. The van der Waals surface area contributed by atoms with Gasteiger partial charge in [0.25, 0.3) is 5.91 Å². The zero-order valence-corrected chi connectivity index (χ0v) is 16.3. The van der Waals surface area contributed by atoms with E-state index >= 15 is 0 Å². The number of nitrogens with one attached hydrogen (secondary N) is 2. The summed E-state index contributed by atoms with van der Waals surface area (Å²) in [6.07, 6.45) is 1.71.